The van der Waals surface area contributed by atoms with Crippen molar-refractivity contribution in [2.24, 2.45) is 0 Å². The van der Waals surface area contributed by atoms with E-state index in [0.717, 1.165) is 42.6 Å². The van der Waals surface area contributed by atoms with Gasteiger partial charge in [0.1, 0.15) is 25.0 Å². The third-order valence-electron chi connectivity index (χ3n) is 6.66. The molecule has 0 N–H and O–H groups in total. The van der Waals surface area contributed by atoms with Crippen molar-refractivity contribution in [3.8, 4) is 5.75 Å². The number of rotatable bonds is 19. The molecule has 0 aromatic heterocycles. The molecule has 0 aliphatic heterocycles. The quantitative estimate of drug-likeness (QED) is 0.113. The summed E-state index contributed by atoms with van der Waals surface area (Å²) in [6, 6.07) is 18.9. The highest BCUT2D eigenvalue weighted by Gasteiger charge is 2.16. The third kappa shape index (κ3) is 13.7. The SMILES string of the molecule is CCCCCCCCCc1ccc(OC(C)COC(=O)CCCC[N+](C)(C)Cc2ccccc2)cc1. The minimum absolute atomic E-state index is 0.135. The summed E-state index contributed by atoms with van der Waals surface area (Å²) in [6.45, 7) is 6.53. The Morgan fingerprint density at radius 1 is 0.806 bits per heavy atom. The minimum atomic E-state index is -0.163. The number of quaternary nitrogens is 1. The van der Waals surface area contributed by atoms with Gasteiger partial charge in [-0.25, -0.2) is 0 Å². The zero-order valence-electron chi connectivity index (χ0n) is 23.3. The van der Waals surface area contributed by atoms with E-state index in [9.17, 15) is 4.79 Å². The Morgan fingerprint density at radius 2 is 1.47 bits per heavy atom. The van der Waals surface area contributed by atoms with Crippen LogP contribution in [0.15, 0.2) is 54.6 Å². The lowest BCUT2D eigenvalue weighted by Crippen LogP contribution is -2.39. The van der Waals surface area contributed by atoms with Crippen LogP contribution in [0.25, 0.3) is 0 Å². The zero-order chi connectivity index (χ0) is 26.1. The van der Waals surface area contributed by atoms with Crippen molar-refractivity contribution in [1.29, 1.82) is 0 Å². The molecule has 36 heavy (non-hydrogen) atoms. The molecule has 2 aromatic carbocycles. The fourth-order valence-corrected chi connectivity index (χ4v) is 4.54. The number of hydrogen-bond donors (Lipinski definition) is 0. The number of aryl methyl sites for hydroxylation is 1. The average Bonchev–Trinajstić information content (AvgIpc) is 2.86. The maximum Gasteiger partial charge on any atom is 0.305 e. The van der Waals surface area contributed by atoms with E-state index in [-0.39, 0.29) is 18.7 Å². The first kappa shape index (κ1) is 29.9. The molecule has 0 amide bonds. The molecule has 200 valence electrons. The van der Waals surface area contributed by atoms with Gasteiger partial charge in [-0.2, -0.15) is 0 Å². The molecule has 0 bridgehead atoms. The largest absolute Gasteiger partial charge is 0.487 e. The topological polar surface area (TPSA) is 35.5 Å². The second kappa shape index (κ2) is 17.2. The van der Waals surface area contributed by atoms with Crippen LogP contribution in [0, 0.1) is 0 Å². The molecular formula is C32H50NO3+. The fourth-order valence-electron chi connectivity index (χ4n) is 4.54. The van der Waals surface area contributed by atoms with E-state index < -0.39 is 0 Å². The Bertz CT molecular complexity index is 832. The van der Waals surface area contributed by atoms with Crippen LogP contribution in [0.2, 0.25) is 0 Å². The maximum absolute atomic E-state index is 12.2. The van der Waals surface area contributed by atoms with Crippen LogP contribution in [-0.4, -0.2) is 43.8 Å². The van der Waals surface area contributed by atoms with Gasteiger partial charge in [0, 0.05) is 12.0 Å². The molecule has 2 aromatic rings. The highest BCUT2D eigenvalue weighted by Crippen LogP contribution is 2.17. The minimum Gasteiger partial charge on any atom is -0.487 e. The monoisotopic (exact) mass is 496 g/mol. The molecule has 0 saturated heterocycles. The Kier molecular flexibility index (Phi) is 14.3. The van der Waals surface area contributed by atoms with E-state index in [1.165, 1.54) is 56.1 Å². The lowest BCUT2D eigenvalue weighted by molar-refractivity contribution is -0.903. The average molecular weight is 497 g/mol. The number of hydrogen-bond acceptors (Lipinski definition) is 3. The number of esters is 1. The van der Waals surface area contributed by atoms with Crippen LogP contribution in [0.3, 0.4) is 0 Å². The Morgan fingerprint density at radius 3 is 2.17 bits per heavy atom. The summed E-state index contributed by atoms with van der Waals surface area (Å²) in [5, 5.41) is 0. The van der Waals surface area contributed by atoms with E-state index in [1.54, 1.807) is 0 Å². The highest BCUT2D eigenvalue weighted by molar-refractivity contribution is 5.69. The summed E-state index contributed by atoms with van der Waals surface area (Å²) in [5.41, 5.74) is 2.71. The molecule has 0 aliphatic carbocycles. The summed E-state index contributed by atoms with van der Waals surface area (Å²) in [7, 11) is 4.49. The van der Waals surface area contributed by atoms with Gasteiger partial charge in [-0.15, -0.1) is 0 Å². The first-order valence-corrected chi connectivity index (χ1v) is 14.1. The van der Waals surface area contributed by atoms with Crippen molar-refractivity contribution >= 4 is 5.97 Å². The highest BCUT2D eigenvalue weighted by atomic mass is 16.6. The molecule has 0 radical (unpaired) electrons. The van der Waals surface area contributed by atoms with Crippen LogP contribution in [0.1, 0.15) is 89.2 Å². The molecule has 0 fully saturated rings. The second-order valence-corrected chi connectivity index (χ2v) is 10.9. The van der Waals surface area contributed by atoms with Crippen LogP contribution in [0.5, 0.6) is 5.75 Å². The molecule has 1 atom stereocenters. The molecular weight excluding hydrogens is 446 g/mol. The predicted octanol–water partition coefficient (Wildman–Crippen LogP) is 7.74. The second-order valence-electron chi connectivity index (χ2n) is 10.9. The number of carbonyl (C=O) groups excluding carboxylic acids is 1. The van der Waals surface area contributed by atoms with Gasteiger partial charge in [-0.1, -0.05) is 87.9 Å². The summed E-state index contributed by atoms with van der Waals surface area (Å²) in [5.74, 6) is 0.698. The first-order chi connectivity index (χ1) is 17.4. The van der Waals surface area contributed by atoms with E-state index in [4.69, 9.17) is 9.47 Å². The van der Waals surface area contributed by atoms with Gasteiger partial charge < -0.3 is 14.0 Å². The third-order valence-corrected chi connectivity index (χ3v) is 6.66. The van der Waals surface area contributed by atoms with Gasteiger partial charge in [0.05, 0.1) is 20.6 Å². The van der Waals surface area contributed by atoms with E-state index in [0.29, 0.717) is 6.42 Å². The molecule has 0 heterocycles. The predicted molar refractivity (Wildman–Crippen MR) is 150 cm³/mol. The number of benzene rings is 2. The molecule has 2 rings (SSSR count). The first-order valence-electron chi connectivity index (χ1n) is 14.1. The molecule has 4 heteroatoms. The van der Waals surface area contributed by atoms with Crippen molar-refractivity contribution in [1.82, 2.24) is 0 Å². The summed E-state index contributed by atoms with van der Waals surface area (Å²) >= 11 is 0. The summed E-state index contributed by atoms with van der Waals surface area (Å²) in [6.07, 6.45) is 12.6. The normalized spacial score (nSPS) is 12.3. The summed E-state index contributed by atoms with van der Waals surface area (Å²) < 4.78 is 12.3. The van der Waals surface area contributed by atoms with Crippen LogP contribution in [-0.2, 0) is 22.5 Å². The van der Waals surface area contributed by atoms with Crippen molar-refractivity contribution < 1.29 is 18.8 Å². The van der Waals surface area contributed by atoms with Crippen molar-refractivity contribution in [3.63, 3.8) is 0 Å². The fraction of sp³-hybridized carbons (Fsp3) is 0.594. The number of unbranched alkanes of at least 4 members (excludes halogenated alkanes) is 7. The standard InChI is InChI=1S/C32H50NO3/c1-5-6-7-8-9-10-12-17-29-21-23-31(24-22-29)36-28(2)27-35-32(34)20-15-16-25-33(3,4)26-30-18-13-11-14-19-30/h11,13-14,18-19,21-24,28H,5-10,12,15-17,20,25-27H2,1-4H3/q+1. The van der Waals surface area contributed by atoms with Gasteiger partial charge in [0.15, 0.2) is 0 Å². The molecule has 1 unspecified atom stereocenters. The van der Waals surface area contributed by atoms with Gasteiger partial charge >= 0.3 is 5.97 Å². The van der Waals surface area contributed by atoms with Gasteiger partial charge in [-0.3, -0.25) is 4.79 Å². The maximum atomic E-state index is 12.2. The molecule has 4 nitrogen and oxygen atoms in total. The van der Waals surface area contributed by atoms with Gasteiger partial charge in [0.25, 0.3) is 0 Å². The van der Waals surface area contributed by atoms with Crippen LogP contribution in [0.4, 0.5) is 0 Å². The lowest BCUT2D eigenvalue weighted by Gasteiger charge is -2.30. The van der Waals surface area contributed by atoms with Crippen LogP contribution < -0.4 is 4.74 Å². The summed E-state index contributed by atoms with van der Waals surface area (Å²) in [4.78, 5) is 12.2. The number of nitrogens with zero attached hydrogens (tertiary/aromatic N) is 1. The van der Waals surface area contributed by atoms with Crippen LogP contribution >= 0.6 is 0 Å². The van der Waals surface area contributed by atoms with E-state index in [2.05, 4.69) is 63.5 Å². The Hall–Kier alpha value is -2.33. The van der Waals surface area contributed by atoms with Gasteiger partial charge in [-0.05, 0) is 50.3 Å². The van der Waals surface area contributed by atoms with Crippen molar-refractivity contribution in [2.75, 3.05) is 27.2 Å². The Labute approximate surface area is 220 Å². The van der Waals surface area contributed by atoms with Crippen molar-refractivity contribution in [3.05, 3.63) is 65.7 Å². The molecule has 0 spiro atoms. The molecule has 0 saturated carbocycles. The zero-order valence-corrected chi connectivity index (χ0v) is 23.3. The van der Waals surface area contributed by atoms with Crippen molar-refractivity contribution in [2.45, 2.75) is 97.1 Å². The number of carbonyl (C=O) groups is 1. The van der Waals surface area contributed by atoms with E-state index in [1.807, 2.05) is 19.1 Å². The lowest BCUT2D eigenvalue weighted by atomic mass is 10.0. The Balaban J connectivity index is 1.54. The smallest absolute Gasteiger partial charge is 0.305 e. The van der Waals surface area contributed by atoms with E-state index >= 15 is 0 Å². The number of ether oxygens (including phenoxy) is 2. The van der Waals surface area contributed by atoms with Gasteiger partial charge in [0.2, 0.25) is 0 Å². The molecule has 0 aliphatic rings.